The molecule has 0 rings (SSSR count). The van der Waals surface area contributed by atoms with Gasteiger partial charge >= 0.3 is 18.2 Å². The number of rotatable bonds is 5. The third kappa shape index (κ3) is 7.89. The van der Waals surface area contributed by atoms with E-state index in [9.17, 15) is 22.8 Å². The van der Waals surface area contributed by atoms with E-state index in [-0.39, 0.29) is 13.0 Å². The van der Waals surface area contributed by atoms with Gasteiger partial charge in [0.2, 0.25) is 0 Å². The van der Waals surface area contributed by atoms with E-state index in [2.05, 4.69) is 5.32 Å². The molecule has 1 atom stereocenters. The molecule has 0 fully saturated rings. The average molecular weight is 242 g/mol. The fraction of sp³-hybridized carbons (Fsp3) is 0.750. The Morgan fingerprint density at radius 1 is 1.38 bits per heavy atom. The maximum Gasteiger partial charge on any atom is 0.389 e. The Hall–Kier alpha value is -1.47. The van der Waals surface area contributed by atoms with Crippen LogP contribution < -0.4 is 10.6 Å². The summed E-state index contributed by atoms with van der Waals surface area (Å²) < 4.78 is 35.1. The number of amides is 2. The van der Waals surface area contributed by atoms with Crippen molar-refractivity contribution in [2.24, 2.45) is 0 Å². The highest BCUT2D eigenvalue weighted by molar-refractivity contribution is 5.82. The van der Waals surface area contributed by atoms with Gasteiger partial charge in [0.1, 0.15) is 6.04 Å². The third-order valence-corrected chi connectivity index (χ3v) is 1.64. The Bertz CT molecular complexity index is 255. The summed E-state index contributed by atoms with van der Waals surface area (Å²) in [4.78, 5) is 21.2. The van der Waals surface area contributed by atoms with Crippen LogP contribution in [0.15, 0.2) is 0 Å². The first-order chi connectivity index (χ1) is 7.22. The first-order valence-corrected chi connectivity index (χ1v) is 4.56. The van der Waals surface area contributed by atoms with Crippen molar-refractivity contribution in [1.29, 1.82) is 0 Å². The van der Waals surface area contributed by atoms with Crippen molar-refractivity contribution in [3.8, 4) is 0 Å². The van der Waals surface area contributed by atoms with Crippen LogP contribution in [0.4, 0.5) is 18.0 Å². The second-order valence-corrected chi connectivity index (χ2v) is 3.18. The van der Waals surface area contributed by atoms with Crippen LogP contribution in [-0.4, -0.2) is 35.9 Å². The maximum atomic E-state index is 11.7. The second-order valence-electron chi connectivity index (χ2n) is 3.18. The Kier molecular flexibility index (Phi) is 5.62. The van der Waals surface area contributed by atoms with Crippen LogP contribution in [0, 0.1) is 0 Å². The van der Waals surface area contributed by atoms with Crippen molar-refractivity contribution < 1.29 is 27.9 Å². The Balaban J connectivity index is 3.63. The summed E-state index contributed by atoms with van der Waals surface area (Å²) in [6, 6.07) is -1.88. The second kappa shape index (κ2) is 6.19. The predicted octanol–water partition coefficient (Wildman–Crippen LogP) is 1.10. The minimum absolute atomic E-state index is 0.155. The van der Waals surface area contributed by atoms with Gasteiger partial charge < -0.3 is 15.7 Å². The molecule has 5 nitrogen and oxygen atoms in total. The van der Waals surface area contributed by atoms with Gasteiger partial charge in [-0.3, -0.25) is 4.79 Å². The normalized spacial score (nSPS) is 13.0. The van der Waals surface area contributed by atoms with Crippen LogP contribution in [0.1, 0.15) is 19.8 Å². The van der Waals surface area contributed by atoms with Crippen molar-refractivity contribution in [3.05, 3.63) is 0 Å². The number of carbonyl (C=O) groups excluding carboxylic acids is 1. The molecule has 0 aromatic rings. The van der Waals surface area contributed by atoms with Gasteiger partial charge in [-0.05, 0) is 13.3 Å². The quantitative estimate of drug-likeness (QED) is 0.632. The van der Waals surface area contributed by atoms with Crippen LogP contribution in [0.2, 0.25) is 0 Å². The molecule has 8 heteroatoms. The minimum Gasteiger partial charge on any atom is -0.480 e. The molecule has 0 aliphatic heterocycles. The number of aliphatic carboxylic acids is 1. The lowest BCUT2D eigenvalue weighted by Gasteiger charge is -2.11. The Morgan fingerprint density at radius 3 is 2.38 bits per heavy atom. The number of carboxylic acids is 1. The van der Waals surface area contributed by atoms with Gasteiger partial charge in [-0.25, -0.2) is 4.79 Å². The van der Waals surface area contributed by atoms with E-state index in [1.54, 1.807) is 0 Å². The Morgan fingerprint density at radius 2 is 1.94 bits per heavy atom. The van der Waals surface area contributed by atoms with E-state index < -0.39 is 30.6 Å². The fourth-order valence-electron chi connectivity index (χ4n) is 0.800. The number of hydrogen-bond acceptors (Lipinski definition) is 2. The van der Waals surface area contributed by atoms with Crippen LogP contribution in [0.3, 0.4) is 0 Å². The van der Waals surface area contributed by atoms with Gasteiger partial charge in [0.05, 0.1) is 0 Å². The summed E-state index contributed by atoms with van der Waals surface area (Å²) in [6.45, 7) is 1.09. The number of alkyl halides is 3. The molecule has 0 aromatic carbocycles. The maximum absolute atomic E-state index is 11.7. The lowest BCUT2D eigenvalue weighted by molar-refractivity contribution is -0.138. The van der Waals surface area contributed by atoms with Crippen molar-refractivity contribution in [3.63, 3.8) is 0 Å². The molecular formula is C8H13F3N2O3. The van der Waals surface area contributed by atoms with Crippen molar-refractivity contribution >= 4 is 12.0 Å². The highest BCUT2D eigenvalue weighted by atomic mass is 19.4. The number of nitrogens with one attached hydrogen (secondary N) is 2. The summed E-state index contributed by atoms with van der Waals surface area (Å²) in [5.41, 5.74) is 0. The highest BCUT2D eigenvalue weighted by Crippen LogP contribution is 2.20. The molecule has 0 radical (unpaired) electrons. The molecule has 16 heavy (non-hydrogen) atoms. The lowest BCUT2D eigenvalue weighted by Crippen LogP contribution is -2.44. The van der Waals surface area contributed by atoms with Gasteiger partial charge in [0, 0.05) is 13.0 Å². The molecule has 0 saturated heterocycles. The first kappa shape index (κ1) is 14.5. The molecule has 0 aliphatic rings. The molecule has 3 N–H and O–H groups in total. The first-order valence-electron chi connectivity index (χ1n) is 4.56. The van der Waals surface area contributed by atoms with E-state index in [1.807, 2.05) is 5.32 Å². The van der Waals surface area contributed by atoms with Gasteiger partial charge in [0.25, 0.3) is 0 Å². The van der Waals surface area contributed by atoms with Crippen LogP contribution >= 0.6 is 0 Å². The number of carboxylic acid groups (broad SMARTS) is 1. The molecule has 1 unspecified atom stereocenters. The average Bonchev–Trinajstić information content (AvgIpc) is 2.10. The number of hydrogen-bond donors (Lipinski definition) is 3. The van der Waals surface area contributed by atoms with E-state index >= 15 is 0 Å². The lowest BCUT2D eigenvalue weighted by atomic mass is 10.3. The van der Waals surface area contributed by atoms with Gasteiger partial charge in [-0.15, -0.1) is 0 Å². The van der Waals surface area contributed by atoms with Crippen molar-refractivity contribution in [2.75, 3.05) is 6.54 Å². The molecule has 0 saturated carbocycles. The summed E-state index contributed by atoms with van der Waals surface area (Å²) in [7, 11) is 0. The molecule has 0 bridgehead atoms. The SMILES string of the molecule is CC(NC(=O)NCCCC(F)(F)F)C(=O)O. The zero-order valence-electron chi connectivity index (χ0n) is 8.60. The van der Waals surface area contributed by atoms with Crippen LogP contribution in [-0.2, 0) is 4.79 Å². The standard InChI is InChI=1S/C8H13F3N2O3/c1-5(6(14)15)13-7(16)12-4-2-3-8(9,10)11/h5H,2-4H2,1H3,(H,14,15)(H2,12,13,16). The summed E-state index contributed by atoms with van der Waals surface area (Å²) in [6.07, 6.45) is -5.47. The zero-order chi connectivity index (χ0) is 12.8. The molecular weight excluding hydrogens is 229 g/mol. The number of carbonyl (C=O) groups is 2. The highest BCUT2D eigenvalue weighted by Gasteiger charge is 2.26. The molecule has 2 amide bonds. The smallest absolute Gasteiger partial charge is 0.389 e. The topological polar surface area (TPSA) is 78.4 Å². The largest absolute Gasteiger partial charge is 0.480 e. The monoisotopic (exact) mass is 242 g/mol. The van der Waals surface area contributed by atoms with E-state index in [0.29, 0.717) is 0 Å². The van der Waals surface area contributed by atoms with Gasteiger partial charge in [-0.2, -0.15) is 13.2 Å². The van der Waals surface area contributed by atoms with Gasteiger partial charge in [-0.1, -0.05) is 0 Å². The summed E-state index contributed by atoms with van der Waals surface area (Å²) in [5, 5.41) is 12.6. The minimum atomic E-state index is -4.24. The van der Waals surface area contributed by atoms with Crippen molar-refractivity contribution in [2.45, 2.75) is 32.0 Å². The number of urea groups is 1. The molecule has 0 spiro atoms. The van der Waals surface area contributed by atoms with Crippen LogP contribution in [0.25, 0.3) is 0 Å². The van der Waals surface area contributed by atoms with E-state index in [1.165, 1.54) is 6.92 Å². The van der Waals surface area contributed by atoms with Crippen LogP contribution in [0.5, 0.6) is 0 Å². The zero-order valence-corrected chi connectivity index (χ0v) is 8.60. The van der Waals surface area contributed by atoms with Gasteiger partial charge in [0.15, 0.2) is 0 Å². The molecule has 94 valence electrons. The predicted molar refractivity (Wildman–Crippen MR) is 48.9 cm³/mol. The third-order valence-electron chi connectivity index (χ3n) is 1.64. The molecule has 0 aliphatic carbocycles. The molecule has 0 heterocycles. The number of halogens is 3. The Labute approximate surface area is 90.0 Å². The molecule has 0 aromatic heterocycles. The summed E-state index contributed by atoms with van der Waals surface area (Å²) in [5.74, 6) is -1.22. The van der Waals surface area contributed by atoms with Crippen molar-refractivity contribution in [1.82, 2.24) is 10.6 Å². The fourth-order valence-corrected chi connectivity index (χ4v) is 0.800. The summed E-state index contributed by atoms with van der Waals surface area (Å²) >= 11 is 0. The van der Waals surface area contributed by atoms with E-state index in [4.69, 9.17) is 5.11 Å². The van der Waals surface area contributed by atoms with E-state index in [0.717, 1.165) is 0 Å².